The van der Waals surface area contributed by atoms with Gasteiger partial charge in [0.15, 0.2) is 0 Å². The topological polar surface area (TPSA) is 17.3 Å². The molecule has 0 aliphatic heterocycles. The van der Waals surface area contributed by atoms with Crippen LogP contribution in [0.25, 0.3) is 22.8 Å². The number of rotatable bonds is 4. The zero-order valence-corrected chi connectivity index (χ0v) is 12.4. The number of benzene rings is 1. The third-order valence-electron chi connectivity index (χ3n) is 3.87. The molecule has 0 radical (unpaired) electrons. The smallest absolute Gasteiger partial charge is 0.136 e. The van der Waals surface area contributed by atoms with E-state index in [2.05, 4.69) is 71.8 Å². The maximum Gasteiger partial charge on any atom is 0.136 e. The summed E-state index contributed by atoms with van der Waals surface area (Å²) in [4.78, 5) is 4.25. The average Bonchev–Trinajstić information content (AvgIpc) is 2.87. The summed E-state index contributed by atoms with van der Waals surface area (Å²) in [6.45, 7) is 5.88. The van der Waals surface area contributed by atoms with Gasteiger partial charge in [0.2, 0.25) is 0 Å². The number of aliphatic imine (C=N–C) groups is 1. The molecule has 1 aliphatic rings. The number of nitrogens with zero attached hydrogens (tertiary/aromatic N) is 2. The normalized spacial score (nSPS) is 14.8. The Labute approximate surface area is 125 Å². The standard InChI is InChI=1S/C19H20N2/c1-3-4-5-14-19(20-2)21-17-12-8-6-10-15(17)16-11-7-9-13-18(16)21/h4-6,8-10,12-14H,2-3,7,11H2,1H3/b5-4-,19-14+. The highest BCUT2D eigenvalue weighted by Crippen LogP contribution is 2.33. The molecule has 21 heavy (non-hydrogen) atoms. The van der Waals surface area contributed by atoms with Gasteiger partial charge in [-0.25, -0.2) is 4.99 Å². The lowest BCUT2D eigenvalue weighted by Crippen LogP contribution is -2.00. The van der Waals surface area contributed by atoms with Crippen molar-refractivity contribution in [3.05, 3.63) is 59.8 Å². The Kier molecular flexibility index (Phi) is 3.87. The van der Waals surface area contributed by atoms with Gasteiger partial charge in [-0.2, -0.15) is 0 Å². The van der Waals surface area contributed by atoms with Crippen LogP contribution in [-0.4, -0.2) is 11.3 Å². The molecule has 1 aliphatic carbocycles. The van der Waals surface area contributed by atoms with E-state index >= 15 is 0 Å². The van der Waals surface area contributed by atoms with Crippen LogP contribution in [0.4, 0.5) is 0 Å². The lowest BCUT2D eigenvalue weighted by atomic mass is 10.0. The number of allylic oxidation sites excluding steroid dienone is 4. The van der Waals surface area contributed by atoms with Crippen molar-refractivity contribution in [1.82, 2.24) is 4.57 Å². The van der Waals surface area contributed by atoms with Crippen molar-refractivity contribution in [2.24, 2.45) is 4.99 Å². The van der Waals surface area contributed by atoms with E-state index in [-0.39, 0.29) is 0 Å². The highest BCUT2D eigenvalue weighted by molar-refractivity contribution is 5.92. The molecule has 1 aromatic heterocycles. The minimum Gasteiger partial charge on any atom is -0.294 e. The maximum atomic E-state index is 4.25. The van der Waals surface area contributed by atoms with E-state index in [1.165, 1.54) is 22.2 Å². The van der Waals surface area contributed by atoms with Crippen LogP contribution in [0.2, 0.25) is 0 Å². The van der Waals surface area contributed by atoms with Crippen molar-refractivity contribution in [2.45, 2.75) is 26.2 Å². The van der Waals surface area contributed by atoms with Gasteiger partial charge in [-0.3, -0.25) is 4.57 Å². The minimum absolute atomic E-state index is 0.878. The van der Waals surface area contributed by atoms with Crippen molar-refractivity contribution in [2.75, 3.05) is 0 Å². The van der Waals surface area contributed by atoms with Crippen molar-refractivity contribution >= 4 is 29.5 Å². The van der Waals surface area contributed by atoms with Crippen LogP contribution >= 0.6 is 0 Å². The fraction of sp³-hybridized carbons (Fsp3) is 0.211. The molecule has 2 aromatic rings. The molecule has 0 atom stereocenters. The largest absolute Gasteiger partial charge is 0.294 e. The lowest BCUT2D eigenvalue weighted by molar-refractivity contribution is 0.969. The van der Waals surface area contributed by atoms with Gasteiger partial charge in [0, 0.05) is 5.39 Å². The highest BCUT2D eigenvalue weighted by Gasteiger charge is 2.18. The molecule has 0 N–H and O–H groups in total. The van der Waals surface area contributed by atoms with Gasteiger partial charge in [-0.15, -0.1) is 0 Å². The monoisotopic (exact) mass is 276 g/mol. The molecule has 0 fully saturated rings. The van der Waals surface area contributed by atoms with E-state index in [4.69, 9.17) is 0 Å². The first-order chi connectivity index (χ1) is 10.4. The van der Waals surface area contributed by atoms with Crippen LogP contribution < -0.4 is 0 Å². The number of hydrogen-bond donors (Lipinski definition) is 0. The number of aromatic nitrogens is 1. The molecule has 1 heterocycles. The fourth-order valence-electron chi connectivity index (χ4n) is 2.92. The fourth-order valence-corrected chi connectivity index (χ4v) is 2.92. The Morgan fingerprint density at radius 1 is 1.38 bits per heavy atom. The molecule has 0 spiro atoms. The van der Waals surface area contributed by atoms with Crippen LogP contribution in [0.1, 0.15) is 31.0 Å². The van der Waals surface area contributed by atoms with E-state index in [9.17, 15) is 0 Å². The van der Waals surface area contributed by atoms with E-state index in [1.54, 1.807) is 0 Å². The maximum absolute atomic E-state index is 4.25. The van der Waals surface area contributed by atoms with Gasteiger partial charge < -0.3 is 0 Å². The van der Waals surface area contributed by atoms with Crippen molar-refractivity contribution < 1.29 is 0 Å². The van der Waals surface area contributed by atoms with Crippen LogP contribution in [0.5, 0.6) is 0 Å². The summed E-state index contributed by atoms with van der Waals surface area (Å²) in [6, 6.07) is 8.54. The second-order valence-electron chi connectivity index (χ2n) is 5.18. The summed E-state index contributed by atoms with van der Waals surface area (Å²) in [5.41, 5.74) is 3.87. The van der Waals surface area contributed by atoms with E-state index in [1.807, 2.05) is 6.08 Å². The average molecular weight is 276 g/mol. The molecule has 1 aromatic carbocycles. The summed E-state index contributed by atoms with van der Waals surface area (Å²) < 4.78 is 2.22. The predicted molar refractivity (Wildman–Crippen MR) is 92.5 cm³/mol. The number of aryl methyl sites for hydroxylation is 1. The third-order valence-corrected chi connectivity index (χ3v) is 3.87. The number of fused-ring (bicyclic) bond motifs is 3. The lowest BCUT2D eigenvalue weighted by Gasteiger charge is -2.11. The summed E-state index contributed by atoms with van der Waals surface area (Å²) in [7, 11) is 0. The Morgan fingerprint density at radius 3 is 3.05 bits per heavy atom. The van der Waals surface area contributed by atoms with Crippen molar-refractivity contribution in [1.29, 1.82) is 0 Å². The van der Waals surface area contributed by atoms with Crippen LogP contribution in [0.3, 0.4) is 0 Å². The van der Waals surface area contributed by atoms with Crippen molar-refractivity contribution in [3.8, 4) is 0 Å². The first-order valence-electron chi connectivity index (χ1n) is 7.49. The summed E-state index contributed by atoms with van der Waals surface area (Å²) in [6.07, 6.45) is 13.9. The Bertz CT molecular complexity index is 757. The molecule has 0 unspecified atom stereocenters. The predicted octanol–water partition coefficient (Wildman–Crippen LogP) is 5.07. The SMILES string of the molecule is C=N/C(=C\C=C/CC)n1c2c(c3ccccc31)CCC=C2. The van der Waals surface area contributed by atoms with Crippen molar-refractivity contribution in [3.63, 3.8) is 0 Å². The van der Waals surface area contributed by atoms with E-state index < -0.39 is 0 Å². The van der Waals surface area contributed by atoms with Gasteiger partial charge in [-0.05, 0) is 49.8 Å². The molecule has 0 saturated heterocycles. The Hall–Kier alpha value is -2.35. The third kappa shape index (κ3) is 2.38. The van der Waals surface area contributed by atoms with Crippen LogP contribution in [0.15, 0.2) is 53.6 Å². The summed E-state index contributed by atoms with van der Waals surface area (Å²) >= 11 is 0. The van der Waals surface area contributed by atoms with E-state index in [0.29, 0.717) is 0 Å². The van der Waals surface area contributed by atoms with Crippen LogP contribution in [0, 0.1) is 0 Å². The zero-order chi connectivity index (χ0) is 14.7. The zero-order valence-electron chi connectivity index (χ0n) is 12.4. The molecule has 0 saturated carbocycles. The molecular formula is C19H20N2. The first kappa shape index (κ1) is 13.6. The number of para-hydroxylation sites is 1. The van der Waals surface area contributed by atoms with Gasteiger partial charge in [-0.1, -0.05) is 43.4 Å². The second-order valence-corrected chi connectivity index (χ2v) is 5.18. The molecular weight excluding hydrogens is 256 g/mol. The van der Waals surface area contributed by atoms with Gasteiger partial charge in [0.05, 0.1) is 11.2 Å². The van der Waals surface area contributed by atoms with Gasteiger partial charge in [0.25, 0.3) is 0 Å². The molecule has 2 nitrogen and oxygen atoms in total. The molecule has 106 valence electrons. The summed E-state index contributed by atoms with van der Waals surface area (Å²) in [5, 5.41) is 1.32. The second kappa shape index (κ2) is 5.96. The quantitative estimate of drug-likeness (QED) is 0.548. The Balaban J connectivity index is 2.27. The Morgan fingerprint density at radius 2 is 2.24 bits per heavy atom. The minimum atomic E-state index is 0.878. The number of hydrogen-bond acceptors (Lipinski definition) is 1. The van der Waals surface area contributed by atoms with E-state index in [0.717, 1.165) is 25.1 Å². The molecule has 0 bridgehead atoms. The van der Waals surface area contributed by atoms with Crippen LogP contribution in [-0.2, 0) is 6.42 Å². The first-order valence-corrected chi connectivity index (χ1v) is 7.49. The molecule has 0 amide bonds. The molecule has 3 rings (SSSR count). The molecule has 2 heteroatoms. The highest BCUT2D eigenvalue weighted by atomic mass is 15.1. The van der Waals surface area contributed by atoms with Gasteiger partial charge in [0.1, 0.15) is 5.82 Å². The summed E-state index contributed by atoms with van der Waals surface area (Å²) in [5.74, 6) is 0.878. The van der Waals surface area contributed by atoms with Gasteiger partial charge >= 0.3 is 0 Å².